The standard InChI is InChI=1S/C23H21N3O3/c27-22(25-15-16-10-12-24-13-11-16)20-14-21(20)23(28)26-17-6-8-19(9-7-17)29-18-4-2-1-3-5-18/h1-13,20-21H,14-15H2,(H,25,27)(H,26,28). The van der Waals surface area contributed by atoms with Crippen molar-refractivity contribution in [2.24, 2.45) is 11.8 Å². The summed E-state index contributed by atoms with van der Waals surface area (Å²) in [6, 6.07) is 20.4. The van der Waals surface area contributed by atoms with Crippen LogP contribution in [0.3, 0.4) is 0 Å². The molecule has 0 aliphatic heterocycles. The molecule has 1 fully saturated rings. The molecule has 0 saturated heterocycles. The Balaban J connectivity index is 1.25. The summed E-state index contributed by atoms with van der Waals surface area (Å²) in [5, 5.41) is 5.75. The van der Waals surface area contributed by atoms with Crippen molar-refractivity contribution in [2.75, 3.05) is 5.32 Å². The van der Waals surface area contributed by atoms with E-state index in [2.05, 4.69) is 15.6 Å². The quantitative estimate of drug-likeness (QED) is 0.647. The Labute approximate surface area is 168 Å². The van der Waals surface area contributed by atoms with Gasteiger partial charge in [-0.05, 0) is 60.5 Å². The Morgan fingerprint density at radius 1 is 0.862 bits per heavy atom. The van der Waals surface area contributed by atoms with Crippen LogP contribution in [-0.2, 0) is 16.1 Å². The summed E-state index contributed by atoms with van der Waals surface area (Å²) in [5.74, 6) is 0.668. The van der Waals surface area contributed by atoms with E-state index in [9.17, 15) is 9.59 Å². The van der Waals surface area contributed by atoms with Crippen molar-refractivity contribution >= 4 is 17.5 Å². The molecule has 0 spiro atoms. The molecule has 0 bridgehead atoms. The summed E-state index contributed by atoms with van der Waals surface area (Å²) >= 11 is 0. The third kappa shape index (κ3) is 4.99. The van der Waals surface area contributed by atoms with Crippen LogP contribution in [-0.4, -0.2) is 16.8 Å². The first-order valence-electron chi connectivity index (χ1n) is 9.49. The minimum Gasteiger partial charge on any atom is -0.457 e. The minimum absolute atomic E-state index is 0.0893. The summed E-state index contributed by atoms with van der Waals surface area (Å²) in [6.07, 6.45) is 3.94. The number of anilines is 1. The van der Waals surface area contributed by atoms with Gasteiger partial charge in [-0.1, -0.05) is 18.2 Å². The molecule has 6 nitrogen and oxygen atoms in total. The second kappa shape index (κ2) is 8.56. The van der Waals surface area contributed by atoms with E-state index in [4.69, 9.17) is 4.74 Å². The van der Waals surface area contributed by atoms with Crippen LogP contribution < -0.4 is 15.4 Å². The van der Waals surface area contributed by atoms with E-state index < -0.39 is 0 Å². The van der Waals surface area contributed by atoms with Gasteiger partial charge in [0, 0.05) is 24.6 Å². The average Bonchev–Trinajstić information content (AvgIpc) is 3.56. The van der Waals surface area contributed by atoms with Gasteiger partial charge in [0.15, 0.2) is 0 Å². The molecule has 2 unspecified atom stereocenters. The van der Waals surface area contributed by atoms with Gasteiger partial charge in [-0.15, -0.1) is 0 Å². The van der Waals surface area contributed by atoms with Crippen LogP contribution in [0.2, 0.25) is 0 Å². The van der Waals surface area contributed by atoms with Crippen LogP contribution >= 0.6 is 0 Å². The molecule has 6 heteroatoms. The Morgan fingerprint density at radius 2 is 1.52 bits per heavy atom. The molecule has 1 aliphatic rings. The topological polar surface area (TPSA) is 80.3 Å². The lowest BCUT2D eigenvalue weighted by atomic mass is 10.2. The molecule has 3 aromatic rings. The fraction of sp³-hybridized carbons (Fsp3) is 0.174. The Bertz CT molecular complexity index is 975. The molecule has 0 radical (unpaired) electrons. The predicted molar refractivity (Wildman–Crippen MR) is 109 cm³/mol. The smallest absolute Gasteiger partial charge is 0.228 e. The van der Waals surface area contributed by atoms with Gasteiger partial charge < -0.3 is 15.4 Å². The number of carbonyl (C=O) groups is 2. The number of ether oxygens (including phenoxy) is 1. The first kappa shape index (κ1) is 18.7. The molecule has 1 aliphatic carbocycles. The van der Waals surface area contributed by atoms with Crippen molar-refractivity contribution in [3.8, 4) is 11.5 Å². The molecule has 2 N–H and O–H groups in total. The van der Waals surface area contributed by atoms with E-state index in [-0.39, 0.29) is 23.7 Å². The Morgan fingerprint density at radius 3 is 2.24 bits per heavy atom. The minimum atomic E-state index is -0.285. The number of benzene rings is 2. The number of nitrogens with zero attached hydrogens (tertiary/aromatic N) is 1. The fourth-order valence-corrected chi connectivity index (χ4v) is 3.06. The predicted octanol–water partition coefficient (Wildman–Crippen LogP) is 3.76. The monoisotopic (exact) mass is 387 g/mol. The van der Waals surface area contributed by atoms with E-state index in [1.165, 1.54) is 0 Å². The molecule has 1 aromatic heterocycles. The summed E-state index contributed by atoms with van der Waals surface area (Å²) in [5.41, 5.74) is 1.66. The number of rotatable bonds is 7. The molecule has 2 aromatic carbocycles. The molecule has 146 valence electrons. The van der Waals surface area contributed by atoms with E-state index >= 15 is 0 Å². The number of pyridine rings is 1. The molecular weight excluding hydrogens is 366 g/mol. The average molecular weight is 387 g/mol. The molecule has 29 heavy (non-hydrogen) atoms. The highest BCUT2D eigenvalue weighted by molar-refractivity contribution is 5.99. The van der Waals surface area contributed by atoms with Crippen molar-refractivity contribution in [1.29, 1.82) is 0 Å². The Hall–Kier alpha value is -3.67. The maximum absolute atomic E-state index is 12.4. The second-order valence-corrected chi connectivity index (χ2v) is 6.95. The van der Waals surface area contributed by atoms with E-state index in [1.807, 2.05) is 42.5 Å². The first-order valence-corrected chi connectivity index (χ1v) is 9.49. The first-order chi connectivity index (χ1) is 14.2. The number of amides is 2. The molecule has 1 saturated carbocycles. The van der Waals surface area contributed by atoms with Crippen molar-refractivity contribution in [2.45, 2.75) is 13.0 Å². The second-order valence-electron chi connectivity index (χ2n) is 6.95. The lowest BCUT2D eigenvalue weighted by molar-refractivity contribution is -0.125. The van der Waals surface area contributed by atoms with Crippen LogP contribution in [0.1, 0.15) is 12.0 Å². The van der Waals surface area contributed by atoms with Crippen LogP contribution in [0.25, 0.3) is 0 Å². The van der Waals surface area contributed by atoms with Gasteiger partial charge in [-0.2, -0.15) is 0 Å². The van der Waals surface area contributed by atoms with Crippen LogP contribution in [0.15, 0.2) is 79.1 Å². The van der Waals surface area contributed by atoms with Crippen molar-refractivity contribution < 1.29 is 14.3 Å². The zero-order valence-electron chi connectivity index (χ0n) is 15.7. The van der Waals surface area contributed by atoms with Crippen molar-refractivity contribution in [1.82, 2.24) is 10.3 Å². The van der Waals surface area contributed by atoms with Crippen molar-refractivity contribution in [3.63, 3.8) is 0 Å². The van der Waals surface area contributed by atoms with Crippen LogP contribution in [0.5, 0.6) is 11.5 Å². The van der Waals surface area contributed by atoms with Gasteiger partial charge in [-0.3, -0.25) is 14.6 Å². The lowest BCUT2D eigenvalue weighted by Crippen LogP contribution is -2.27. The summed E-state index contributed by atoms with van der Waals surface area (Å²) in [7, 11) is 0. The SMILES string of the molecule is O=C(NCc1ccncc1)C1CC1C(=O)Nc1ccc(Oc2ccccc2)cc1. The molecule has 4 rings (SSSR count). The van der Waals surface area contributed by atoms with Gasteiger partial charge in [-0.25, -0.2) is 0 Å². The highest BCUT2D eigenvalue weighted by Gasteiger charge is 2.47. The number of para-hydroxylation sites is 1. The molecular formula is C23H21N3O3. The van der Waals surface area contributed by atoms with Crippen LogP contribution in [0, 0.1) is 11.8 Å². The highest BCUT2D eigenvalue weighted by Crippen LogP contribution is 2.39. The van der Waals surface area contributed by atoms with Gasteiger partial charge >= 0.3 is 0 Å². The Kier molecular flexibility index (Phi) is 5.52. The molecule has 2 amide bonds. The summed E-state index contributed by atoms with van der Waals surface area (Å²) in [4.78, 5) is 28.6. The lowest BCUT2D eigenvalue weighted by Gasteiger charge is -2.08. The number of hydrogen-bond acceptors (Lipinski definition) is 4. The van der Waals surface area contributed by atoms with E-state index in [0.29, 0.717) is 24.4 Å². The van der Waals surface area contributed by atoms with Crippen molar-refractivity contribution in [3.05, 3.63) is 84.7 Å². The number of aromatic nitrogens is 1. The van der Waals surface area contributed by atoms with Gasteiger partial charge in [0.1, 0.15) is 11.5 Å². The summed E-state index contributed by atoms with van der Waals surface area (Å²) < 4.78 is 5.74. The maximum atomic E-state index is 12.4. The number of carbonyl (C=O) groups excluding carboxylic acids is 2. The fourth-order valence-electron chi connectivity index (χ4n) is 3.06. The largest absolute Gasteiger partial charge is 0.457 e. The number of hydrogen-bond donors (Lipinski definition) is 2. The summed E-state index contributed by atoms with van der Waals surface area (Å²) in [6.45, 7) is 0.440. The third-order valence-electron chi connectivity index (χ3n) is 4.78. The zero-order chi connectivity index (χ0) is 20.1. The highest BCUT2D eigenvalue weighted by atomic mass is 16.5. The van der Waals surface area contributed by atoms with Gasteiger partial charge in [0.05, 0.1) is 11.8 Å². The molecule has 1 heterocycles. The van der Waals surface area contributed by atoms with Gasteiger partial charge in [0.2, 0.25) is 11.8 Å². The third-order valence-corrected chi connectivity index (χ3v) is 4.78. The number of nitrogens with one attached hydrogen (secondary N) is 2. The van der Waals surface area contributed by atoms with Crippen LogP contribution in [0.4, 0.5) is 5.69 Å². The normalized spacial score (nSPS) is 17.2. The van der Waals surface area contributed by atoms with Gasteiger partial charge in [0.25, 0.3) is 0 Å². The maximum Gasteiger partial charge on any atom is 0.228 e. The zero-order valence-corrected chi connectivity index (χ0v) is 15.7. The van der Waals surface area contributed by atoms with E-state index in [0.717, 1.165) is 11.3 Å². The molecule has 2 atom stereocenters. The van der Waals surface area contributed by atoms with E-state index in [1.54, 1.807) is 36.7 Å².